The highest BCUT2D eigenvalue weighted by molar-refractivity contribution is 7.20. The molecular formula is C24H30N4O3S. The largest absolute Gasteiger partial charge is 0.368 e. The van der Waals surface area contributed by atoms with E-state index in [2.05, 4.69) is 5.32 Å². The lowest BCUT2D eigenvalue weighted by molar-refractivity contribution is -0.123. The van der Waals surface area contributed by atoms with Gasteiger partial charge in [-0.05, 0) is 56.7 Å². The lowest BCUT2D eigenvalue weighted by atomic mass is 10.0. The zero-order valence-electron chi connectivity index (χ0n) is 18.4. The van der Waals surface area contributed by atoms with Crippen molar-refractivity contribution in [3.8, 4) is 10.4 Å². The molecule has 2 fully saturated rings. The number of carbonyl (C=O) groups excluding carboxylic acids is 3. The van der Waals surface area contributed by atoms with Crippen LogP contribution >= 0.6 is 11.3 Å². The fourth-order valence-electron chi connectivity index (χ4n) is 4.67. The lowest BCUT2D eigenvalue weighted by Crippen LogP contribution is -2.44. The van der Waals surface area contributed by atoms with Gasteiger partial charge in [0.25, 0.3) is 5.91 Å². The minimum absolute atomic E-state index is 0.0212. The van der Waals surface area contributed by atoms with Crippen LogP contribution in [-0.2, 0) is 9.59 Å². The first-order chi connectivity index (χ1) is 15.5. The van der Waals surface area contributed by atoms with Gasteiger partial charge in [-0.1, -0.05) is 30.3 Å². The van der Waals surface area contributed by atoms with E-state index < -0.39 is 11.9 Å². The van der Waals surface area contributed by atoms with Crippen LogP contribution in [0.5, 0.6) is 0 Å². The Kier molecular flexibility index (Phi) is 6.91. The Morgan fingerprint density at radius 1 is 1.06 bits per heavy atom. The average Bonchev–Trinajstić information content (AvgIpc) is 3.38. The molecule has 2 aliphatic rings. The summed E-state index contributed by atoms with van der Waals surface area (Å²) in [5.74, 6) is -0.645. The van der Waals surface area contributed by atoms with Crippen LogP contribution in [0.25, 0.3) is 10.4 Å². The summed E-state index contributed by atoms with van der Waals surface area (Å²) in [6.45, 7) is 4.20. The van der Waals surface area contributed by atoms with Crippen LogP contribution < -0.4 is 11.1 Å². The zero-order valence-corrected chi connectivity index (χ0v) is 19.2. The SMILES string of the molecule is Cc1c(-c2ccccc2)sc(NC(=O)CN2CCC[C@H]2C(N)=O)c1C(=O)N1CCCCC1. The number of hydrogen-bond donors (Lipinski definition) is 2. The molecule has 0 saturated carbocycles. The molecule has 3 N–H and O–H groups in total. The molecule has 8 heteroatoms. The van der Waals surface area contributed by atoms with Crippen LogP contribution in [0.4, 0.5) is 5.00 Å². The molecule has 7 nitrogen and oxygen atoms in total. The molecule has 2 aliphatic heterocycles. The van der Waals surface area contributed by atoms with Crippen molar-refractivity contribution in [3.05, 3.63) is 41.5 Å². The maximum Gasteiger partial charge on any atom is 0.257 e. The van der Waals surface area contributed by atoms with Crippen molar-refractivity contribution in [3.63, 3.8) is 0 Å². The molecule has 2 aromatic rings. The molecule has 0 radical (unpaired) electrons. The van der Waals surface area contributed by atoms with Crippen molar-refractivity contribution in [1.29, 1.82) is 0 Å². The number of anilines is 1. The van der Waals surface area contributed by atoms with E-state index in [4.69, 9.17) is 5.73 Å². The minimum atomic E-state index is -0.403. The van der Waals surface area contributed by atoms with Crippen molar-refractivity contribution in [2.45, 2.75) is 45.1 Å². The molecule has 32 heavy (non-hydrogen) atoms. The standard InChI is InChI=1S/C24H30N4O3S/c1-16-20(24(31)27-12-6-3-7-13-27)23(32-21(16)17-9-4-2-5-10-17)26-19(29)15-28-14-8-11-18(28)22(25)30/h2,4-5,9-10,18H,3,6-8,11-15H2,1H3,(H2,25,30)(H,26,29)/t18-/m0/s1. The molecule has 170 valence electrons. The summed E-state index contributed by atoms with van der Waals surface area (Å²) >= 11 is 1.44. The molecule has 1 aromatic carbocycles. The van der Waals surface area contributed by atoms with Gasteiger partial charge in [-0.25, -0.2) is 0 Å². The number of rotatable bonds is 6. The fourth-order valence-corrected chi connectivity index (χ4v) is 5.89. The van der Waals surface area contributed by atoms with E-state index in [0.717, 1.165) is 54.8 Å². The molecular weight excluding hydrogens is 424 g/mol. The van der Waals surface area contributed by atoms with Crippen LogP contribution in [0, 0.1) is 6.92 Å². The Bertz CT molecular complexity index is 998. The minimum Gasteiger partial charge on any atom is -0.368 e. The first kappa shape index (κ1) is 22.5. The monoisotopic (exact) mass is 454 g/mol. The van der Waals surface area contributed by atoms with E-state index in [-0.39, 0.29) is 18.4 Å². The summed E-state index contributed by atoms with van der Waals surface area (Å²) in [6.07, 6.45) is 4.67. The predicted molar refractivity (Wildman–Crippen MR) is 127 cm³/mol. The number of piperidine rings is 1. The van der Waals surface area contributed by atoms with Gasteiger partial charge in [-0.15, -0.1) is 11.3 Å². The molecule has 1 atom stereocenters. The Morgan fingerprint density at radius 3 is 2.47 bits per heavy atom. The second kappa shape index (κ2) is 9.83. The highest BCUT2D eigenvalue weighted by atomic mass is 32.1. The third-order valence-corrected chi connectivity index (χ3v) is 7.59. The van der Waals surface area contributed by atoms with Gasteiger partial charge in [0.1, 0.15) is 5.00 Å². The van der Waals surface area contributed by atoms with E-state index in [1.165, 1.54) is 11.3 Å². The summed E-state index contributed by atoms with van der Waals surface area (Å²) in [5, 5.41) is 3.57. The van der Waals surface area contributed by atoms with Crippen LogP contribution in [-0.4, -0.2) is 59.7 Å². The van der Waals surface area contributed by atoms with Gasteiger partial charge in [0.05, 0.1) is 18.2 Å². The second-order valence-electron chi connectivity index (χ2n) is 8.56. The molecule has 0 bridgehead atoms. The number of thiophene rings is 1. The Balaban J connectivity index is 1.61. The third-order valence-electron chi connectivity index (χ3n) is 6.33. The molecule has 0 aliphatic carbocycles. The van der Waals surface area contributed by atoms with E-state index in [1.54, 1.807) is 0 Å². The van der Waals surface area contributed by atoms with Crippen LogP contribution in [0.2, 0.25) is 0 Å². The van der Waals surface area contributed by atoms with Crippen molar-refractivity contribution in [1.82, 2.24) is 9.80 Å². The smallest absolute Gasteiger partial charge is 0.257 e. The maximum atomic E-state index is 13.5. The van der Waals surface area contributed by atoms with Gasteiger partial charge in [0.2, 0.25) is 11.8 Å². The second-order valence-corrected chi connectivity index (χ2v) is 9.58. The van der Waals surface area contributed by atoms with E-state index in [0.29, 0.717) is 23.5 Å². The molecule has 0 spiro atoms. The number of nitrogens with zero attached hydrogens (tertiary/aromatic N) is 2. The van der Waals surface area contributed by atoms with Gasteiger partial charge < -0.3 is 16.0 Å². The van der Waals surface area contributed by atoms with E-state index in [9.17, 15) is 14.4 Å². The van der Waals surface area contributed by atoms with Crippen molar-refractivity contribution < 1.29 is 14.4 Å². The van der Waals surface area contributed by atoms with Crippen molar-refractivity contribution in [2.75, 3.05) is 31.5 Å². The van der Waals surface area contributed by atoms with Crippen LogP contribution in [0.1, 0.15) is 48.0 Å². The fraction of sp³-hybridized carbons (Fsp3) is 0.458. The van der Waals surface area contributed by atoms with Gasteiger partial charge in [-0.3, -0.25) is 19.3 Å². The number of hydrogen-bond acceptors (Lipinski definition) is 5. The van der Waals surface area contributed by atoms with Gasteiger partial charge in [-0.2, -0.15) is 0 Å². The summed E-state index contributed by atoms with van der Waals surface area (Å²) in [6, 6.07) is 9.52. The normalized spacial score (nSPS) is 19.2. The van der Waals surface area contributed by atoms with Gasteiger partial charge >= 0.3 is 0 Å². The summed E-state index contributed by atoms with van der Waals surface area (Å²) in [4.78, 5) is 42.8. The molecule has 2 saturated heterocycles. The zero-order chi connectivity index (χ0) is 22.7. The van der Waals surface area contributed by atoms with Gasteiger partial charge in [0.15, 0.2) is 0 Å². The van der Waals surface area contributed by atoms with Crippen LogP contribution in [0.15, 0.2) is 30.3 Å². The molecule has 1 aromatic heterocycles. The quantitative estimate of drug-likeness (QED) is 0.700. The Hall–Kier alpha value is -2.71. The lowest BCUT2D eigenvalue weighted by Gasteiger charge is -2.27. The number of likely N-dealkylation sites (tertiary alicyclic amines) is 2. The van der Waals surface area contributed by atoms with Crippen molar-refractivity contribution >= 4 is 34.1 Å². The average molecular weight is 455 g/mol. The first-order valence-corrected chi connectivity index (χ1v) is 12.1. The number of nitrogens with one attached hydrogen (secondary N) is 1. The summed E-state index contributed by atoms with van der Waals surface area (Å²) < 4.78 is 0. The van der Waals surface area contributed by atoms with Crippen LogP contribution in [0.3, 0.4) is 0 Å². The predicted octanol–water partition coefficient (Wildman–Crippen LogP) is 3.24. The topological polar surface area (TPSA) is 95.7 Å². The number of primary amides is 1. The molecule has 3 heterocycles. The number of benzene rings is 1. The summed E-state index contributed by atoms with van der Waals surface area (Å²) in [7, 11) is 0. The first-order valence-electron chi connectivity index (χ1n) is 11.3. The number of carbonyl (C=O) groups is 3. The molecule has 3 amide bonds. The maximum absolute atomic E-state index is 13.5. The Morgan fingerprint density at radius 2 is 1.78 bits per heavy atom. The molecule has 0 unspecified atom stereocenters. The highest BCUT2D eigenvalue weighted by Crippen LogP contribution is 2.40. The number of nitrogens with two attached hydrogens (primary N) is 1. The number of amides is 3. The van der Waals surface area contributed by atoms with E-state index in [1.807, 2.05) is 47.1 Å². The third kappa shape index (κ3) is 4.71. The van der Waals surface area contributed by atoms with Gasteiger partial charge in [0, 0.05) is 18.0 Å². The highest BCUT2D eigenvalue weighted by Gasteiger charge is 2.32. The van der Waals surface area contributed by atoms with Crippen molar-refractivity contribution in [2.24, 2.45) is 5.73 Å². The Labute approximate surface area is 192 Å². The van der Waals surface area contributed by atoms with E-state index >= 15 is 0 Å². The summed E-state index contributed by atoms with van der Waals surface area (Å²) in [5.41, 5.74) is 7.99. The molecule has 4 rings (SSSR count).